The van der Waals surface area contributed by atoms with Crippen LogP contribution in [0, 0.1) is 0 Å². The fourth-order valence-corrected chi connectivity index (χ4v) is 3.68. The number of likely N-dealkylation sites (tertiary alicyclic amines) is 1. The van der Waals surface area contributed by atoms with Crippen LogP contribution in [0.1, 0.15) is 39.5 Å². The number of amides is 1. The van der Waals surface area contributed by atoms with Crippen molar-refractivity contribution in [3.05, 3.63) is 24.3 Å². The van der Waals surface area contributed by atoms with Crippen LogP contribution in [0.15, 0.2) is 29.3 Å². The van der Waals surface area contributed by atoms with E-state index in [9.17, 15) is 4.79 Å². The zero-order valence-electron chi connectivity index (χ0n) is 17.4. The molecule has 29 heavy (non-hydrogen) atoms. The summed E-state index contributed by atoms with van der Waals surface area (Å²) in [5, 5.41) is 6.66. The molecule has 0 bridgehead atoms. The van der Waals surface area contributed by atoms with Crippen molar-refractivity contribution < 1.29 is 14.3 Å². The number of hydrogen-bond acceptors (Lipinski definition) is 4. The molecule has 2 atom stereocenters. The summed E-state index contributed by atoms with van der Waals surface area (Å²) in [4.78, 5) is 18.7. The van der Waals surface area contributed by atoms with Crippen LogP contribution >= 0.6 is 24.0 Å². The number of nitrogens with zero attached hydrogens (tertiary/aromatic N) is 2. The molecular weight excluding hydrogens is 483 g/mol. The molecule has 2 unspecified atom stereocenters. The van der Waals surface area contributed by atoms with E-state index in [1.165, 1.54) is 0 Å². The van der Waals surface area contributed by atoms with Gasteiger partial charge in [0.25, 0.3) is 0 Å². The predicted octanol–water partition coefficient (Wildman–Crippen LogP) is 2.79. The van der Waals surface area contributed by atoms with Crippen molar-refractivity contribution in [3.8, 4) is 11.5 Å². The largest absolute Gasteiger partial charge is 0.486 e. The zero-order chi connectivity index (χ0) is 19.8. The number of benzene rings is 1. The van der Waals surface area contributed by atoms with Gasteiger partial charge in [-0.3, -0.25) is 4.79 Å². The smallest absolute Gasteiger partial charge is 0.222 e. The first-order valence-electron chi connectivity index (χ1n) is 10.4. The summed E-state index contributed by atoms with van der Waals surface area (Å²) in [5.41, 5.74) is 0. The van der Waals surface area contributed by atoms with E-state index in [1.807, 2.05) is 36.1 Å². The van der Waals surface area contributed by atoms with Gasteiger partial charge in [-0.05, 0) is 38.3 Å². The molecule has 1 amide bonds. The van der Waals surface area contributed by atoms with E-state index in [2.05, 4.69) is 22.5 Å². The summed E-state index contributed by atoms with van der Waals surface area (Å²) in [7, 11) is 0. The van der Waals surface area contributed by atoms with E-state index in [-0.39, 0.29) is 30.1 Å². The van der Waals surface area contributed by atoms with Crippen molar-refractivity contribution in [1.29, 1.82) is 0 Å². The maximum absolute atomic E-state index is 12.0. The second kappa shape index (κ2) is 12.1. The second-order valence-electron chi connectivity index (χ2n) is 7.19. The number of carbonyl (C=O) groups excluding carboxylic acids is 1. The second-order valence-corrected chi connectivity index (χ2v) is 7.19. The van der Waals surface area contributed by atoms with E-state index >= 15 is 0 Å². The molecular formula is C21H33IN4O3. The van der Waals surface area contributed by atoms with Crippen LogP contribution < -0.4 is 20.1 Å². The maximum atomic E-state index is 12.0. The van der Waals surface area contributed by atoms with Crippen LogP contribution in [-0.2, 0) is 4.79 Å². The van der Waals surface area contributed by atoms with E-state index in [1.54, 1.807) is 0 Å². The fraction of sp³-hybridized carbons (Fsp3) is 0.619. The van der Waals surface area contributed by atoms with Gasteiger partial charge in [-0.25, -0.2) is 4.99 Å². The minimum atomic E-state index is -0.101. The van der Waals surface area contributed by atoms with Crippen molar-refractivity contribution >= 4 is 35.8 Å². The fourth-order valence-electron chi connectivity index (χ4n) is 3.68. The highest BCUT2D eigenvalue weighted by molar-refractivity contribution is 14.0. The third-order valence-corrected chi connectivity index (χ3v) is 5.16. The average molecular weight is 516 g/mol. The van der Waals surface area contributed by atoms with E-state index in [4.69, 9.17) is 9.47 Å². The zero-order valence-corrected chi connectivity index (χ0v) is 19.7. The predicted molar refractivity (Wildman–Crippen MR) is 125 cm³/mol. The normalized spacial score (nSPS) is 19.5. The van der Waals surface area contributed by atoms with E-state index in [0.717, 1.165) is 56.4 Å². The lowest BCUT2D eigenvalue weighted by atomic mass is 10.1. The molecule has 2 heterocycles. The van der Waals surface area contributed by atoms with E-state index in [0.29, 0.717) is 31.5 Å². The number of nitrogens with one attached hydrogen (secondary N) is 2. The van der Waals surface area contributed by atoms with Gasteiger partial charge in [0.1, 0.15) is 6.61 Å². The Bertz CT molecular complexity index is 686. The molecule has 0 radical (unpaired) electrons. The summed E-state index contributed by atoms with van der Waals surface area (Å²) in [6.07, 6.45) is 3.48. The van der Waals surface area contributed by atoms with Crippen molar-refractivity contribution in [3.63, 3.8) is 0 Å². The molecule has 1 aromatic carbocycles. The van der Waals surface area contributed by atoms with Crippen molar-refractivity contribution in [2.24, 2.45) is 4.99 Å². The Morgan fingerprint density at radius 2 is 2.07 bits per heavy atom. The molecule has 1 saturated heterocycles. The van der Waals surface area contributed by atoms with Gasteiger partial charge in [-0.2, -0.15) is 0 Å². The van der Waals surface area contributed by atoms with Gasteiger partial charge in [0.15, 0.2) is 23.6 Å². The Kier molecular flexibility index (Phi) is 9.83. The minimum Gasteiger partial charge on any atom is -0.486 e. The number of ether oxygens (including phenoxy) is 2. The van der Waals surface area contributed by atoms with Crippen LogP contribution in [0.2, 0.25) is 0 Å². The molecule has 0 spiro atoms. The monoisotopic (exact) mass is 516 g/mol. The van der Waals surface area contributed by atoms with Crippen LogP contribution in [0.3, 0.4) is 0 Å². The van der Waals surface area contributed by atoms with Gasteiger partial charge in [-0.15, -0.1) is 24.0 Å². The Morgan fingerprint density at radius 1 is 1.28 bits per heavy atom. The van der Waals surface area contributed by atoms with Crippen LogP contribution in [-0.4, -0.2) is 61.7 Å². The number of aliphatic imine (C=N–C) groups is 1. The van der Waals surface area contributed by atoms with Crippen molar-refractivity contribution in [2.45, 2.75) is 51.7 Å². The molecule has 0 aliphatic carbocycles. The Balaban J connectivity index is 0.00000300. The SMILES string of the molecule is CCNC(=NCC1COc2ccccc2O1)NCCC(CC)N1CCCC1=O.I. The number of halogens is 1. The van der Waals surface area contributed by atoms with Crippen LogP contribution in [0.25, 0.3) is 0 Å². The number of guanidine groups is 1. The Labute approximate surface area is 190 Å². The number of para-hydroxylation sites is 2. The average Bonchev–Trinajstić information content (AvgIpc) is 3.15. The van der Waals surface area contributed by atoms with Gasteiger partial charge in [-0.1, -0.05) is 19.1 Å². The first-order chi connectivity index (χ1) is 13.7. The summed E-state index contributed by atoms with van der Waals surface area (Å²) in [6.45, 7) is 7.67. The summed E-state index contributed by atoms with van der Waals surface area (Å²) >= 11 is 0. The summed E-state index contributed by atoms with van der Waals surface area (Å²) in [5.74, 6) is 2.62. The first kappa shape index (κ1) is 23.6. The Morgan fingerprint density at radius 3 is 2.76 bits per heavy atom. The lowest BCUT2D eigenvalue weighted by Gasteiger charge is -2.27. The van der Waals surface area contributed by atoms with Crippen molar-refractivity contribution in [1.82, 2.24) is 15.5 Å². The van der Waals surface area contributed by atoms with Crippen LogP contribution in [0.4, 0.5) is 0 Å². The molecule has 2 aliphatic rings. The minimum absolute atomic E-state index is 0. The molecule has 3 rings (SSSR count). The number of carbonyl (C=O) groups is 1. The van der Waals surface area contributed by atoms with Gasteiger partial charge >= 0.3 is 0 Å². The summed E-state index contributed by atoms with van der Waals surface area (Å²) < 4.78 is 11.7. The highest BCUT2D eigenvalue weighted by atomic mass is 127. The van der Waals surface area contributed by atoms with Gasteiger partial charge in [0.2, 0.25) is 5.91 Å². The van der Waals surface area contributed by atoms with E-state index < -0.39 is 0 Å². The lowest BCUT2D eigenvalue weighted by molar-refractivity contribution is -0.129. The third-order valence-electron chi connectivity index (χ3n) is 5.16. The molecule has 0 saturated carbocycles. The van der Waals surface area contributed by atoms with Gasteiger partial charge in [0.05, 0.1) is 6.54 Å². The molecule has 7 nitrogen and oxygen atoms in total. The quantitative estimate of drug-likeness (QED) is 0.316. The van der Waals surface area contributed by atoms with Gasteiger partial charge in [0, 0.05) is 32.1 Å². The van der Waals surface area contributed by atoms with Crippen LogP contribution in [0.5, 0.6) is 11.5 Å². The molecule has 2 aliphatic heterocycles. The molecule has 1 aromatic rings. The molecule has 2 N–H and O–H groups in total. The highest BCUT2D eigenvalue weighted by Crippen LogP contribution is 2.30. The molecule has 0 aromatic heterocycles. The lowest BCUT2D eigenvalue weighted by Crippen LogP contribution is -2.42. The topological polar surface area (TPSA) is 75.2 Å². The molecule has 162 valence electrons. The Hall–Kier alpha value is -1.71. The highest BCUT2D eigenvalue weighted by Gasteiger charge is 2.26. The van der Waals surface area contributed by atoms with Gasteiger partial charge < -0.3 is 25.0 Å². The first-order valence-corrected chi connectivity index (χ1v) is 10.4. The molecule has 1 fully saturated rings. The third kappa shape index (κ3) is 6.65. The number of fused-ring (bicyclic) bond motifs is 1. The maximum Gasteiger partial charge on any atom is 0.222 e. The summed E-state index contributed by atoms with van der Waals surface area (Å²) in [6, 6.07) is 8.01. The standard InChI is InChI=1S/C21H32N4O3.HI/c1-3-16(25-13-7-10-20(25)26)11-12-23-21(22-4-2)24-14-17-15-27-18-8-5-6-9-19(18)28-17;/h5-6,8-9,16-17H,3-4,7,10-15H2,1-2H3,(H2,22,23,24);1H. The number of rotatable bonds is 8. The van der Waals surface area contributed by atoms with Crippen molar-refractivity contribution in [2.75, 3.05) is 32.8 Å². The number of hydrogen-bond donors (Lipinski definition) is 2. The molecule has 8 heteroatoms.